The van der Waals surface area contributed by atoms with Gasteiger partial charge in [-0.2, -0.15) is 0 Å². The smallest absolute Gasteiger partial charge is 0.127 e. The van der Waals surface area contributed by atoms with Crippen molar-refractivity contribution in [3.8, 4) is 11.5 Å². The highest BCUT2D eigenvalue weighted by molar-refractivity contribution is 5.45. The van der Waals surface area contributed by atoms with Crippen molar-refractivity contribution < 1.29 is 9.47 Å². The first-order chi connectivity index (χ1) is 10.3. The van der Waals surface area contributed by atoms with Crippen molar-refractivity contribution in [1.82, 2.24) is 15.3 Å². The Kier molecular flexibility index (Phi) is 5.51. The molecule has 1 N–H and O–H groups in total. The molecule has 21 heavy (non-hydrogen) atoms. The Bertz CT molecular complexity index is 561. The second-order valence-corrected chi connectivity index (χ2v) is 4.63. The summed E-state index contributed by atoms with van der Waals surface area (Å²) in [6.45, 7) is 3.03. The zero-order valence-corrected chi connectivity index (χ0v) is 12.7. The molecule has 0 spiro atoms. The number of benzene rings is 1. The van der Waals surface area contributed by atoms with E-state index in [1.165, 1.54) is 0 Å². The Morgan fingerprint density at radius 1 is 1.19 bits per heavy atom. The summed E-state index contributed by atoms with van der Waals surface area (Å²) in [6, 6.07) is 7.70. The van der Waals surface area contributed by atoms with Crippen molar-refractivity contribution in [2.24, 2.45) is 0 Å². The summed E-state index contributed by atoms with van der Waals surface area (Å²) >= 11 is 0. The van der Waals surface area contributed by atoms with Gasteiger partial charge in [-0.15, -0.1) is 0 Å². The van der Waals surface area contributed by atoms with Crippen molar-refractivity contribution in [2.45, 2.75) is 19.4 Å². The molecule has 0 aliphatic carbocycles. The van der Waals surface area contributed by atoms with Crippen LogP contribution in [0.15, 0.2) is 36.8 Å². The molecule has 0 saturated heterocycles. The van der Waals surface area contributed by atoms with Crippen LogP contribution in [0.4, 0.5) is 0 Å². The van der Waals surface area contributed by atoms with Crippen LogP contribution in [0.2, 0.25) is 0 Å². The number of methoxy groups -OCH3 is 2. The van der Waals surface area contributed by atoms with Crippen LogP contribution in [0.5, 0.6) is 11.5 Å². The van der Waals surface area contributed by atoms with E-state index in [1.807, 2.05) is 24.3 Å². The van der Waals surface area contributed by atoms with Crippen molar-refractivity contribution in [3.05, 3.63) is 48.0 Å². The molecule has 1 unspecified atom stereocenters. The van der Waals surface area contributed by atoms with Crippen LogP contribution in [0.3, 0.4) is 0 Å². The Hall–Kier alpha value is -2.14. The van der Waals surface area contributed by atoms with Gasteiger partial charge in [0.15, 0.2) is 0 Å². The SMILES string of the molecule is CCCNC(c1ccncn1)c1ccc(OC)cc1OC. The van der Waals surface area contributed by atoms with E-state index >= 15 is 0 Å². The van der Waals surface area contributed by atoms with Crippen molar-refractivity contribution >= 4 is 0 Å². The van der Waals surface area contributed by atoms with Crippen molar-refractivity contribution in [2.75, 3.05) is 20.8 Å². The normalized spacial score (nSPS) is 12.0. The molecular weight excluding hydrogens is 266 g/mol. The number of rotatable bonds is 7. The van der Waals surface area contributed by atoms with E-state index in [0.29, 0.717) is 0 Å². The molecule has 0 aliphatic heterocycles. The summed E-state index contributed by atoms with van der Waals surface area (Å²) in [6.07, 6.45) is 4.35. The van der Waals surface area contributed by atoms with E-state index in [1.54, 1.807) is 26.7 Å². The lowest BCUT2D eigenvalue weighted by Crippen LogP contribution is -2.24. The number of nitrogens with one attached hydrogen (secondary N) is 1. The molecule has 0 amide bonds. The maximum absolute atomic E-state index is 5.51. The first kappa shape index (κ1) is 15.3. The number of ether oxygens (including phenoxy) is 2. The molecule has 112 valence electrons. The minimum atomic E-state index is -0.0335. The van der Waals surface area contributed by atoms with Gasteiger partial charge in [-0.3, -0.25) is 0 Å². The number of hydrogen-bond donors (Lipinski definition) is 1. The zero-order chi connectivity index (χ0) is 15.1. The predicted molar refractivity (Wildman–Crippen MR) is 81.7 cm³/mol. The largest absolute Gasteiger partial charge is 0.497 e. The molecule has 1 heterocycles. The van der Waals surface area contributed by atoms with E-state index < -0.39 is 0 Å². The lowest BCUT2D eigenvalue weighted by Gasteiger charge is -2.21. The highest BCUT2D eigenvalue weighted by Gasteiger charge is 2.19. The van der Waals surface area contributed by atoms with E-state index in [-0.39, 0.29) is 6.04 Å². The van der Waals surface area contributed by atoms with E-state index in [2.05, 4.69) is 22.2 Å². The minimum absolute atomic E-state index is 0.0335. The van der Waals surface area contributed by atoms with Crippen LogP contribution < -0.4 is 14.8 Å². The van der Waals surface area contributed by atoms with Crippen LogP contribution in [-0.4, -0.2) is 30.7 Å². The van der Waals surface area contributed by atoms with Gasteiger partial charge < -0.3 is 14.8 Å². The Labute approximate surface area is 125 Å². The summed E-state index contributed by atoms with van der Waals surface area (Å²) < 4.78 is 10.8. The molecule has 5 nitrogen and oxygen atoms in total. The molecule has 2 rings (SSSR count). The Morgan fingerprint density at radius 2 is 2.05 bits per heavy atom. The molecule has 0 radical (unpaired) electrons. The molecule has 5 heteroatoms. The van der Waals surface area contributed by atoms with Crippen molar-refractivity contribution in [3.63, 3.8) is 0 Å². The van der Waals surface area contributed by atoms with Crippen LogP contribution in [-0.2, 0) is 0 Å². The number of hydrogen-bond acceptors (Lipinski definition) is 5. The summed E-state index contributed by atoms with van der Waals surface area (Å²) in [7, 11) is 3.31. The third kappa shape index (κ3) is 3.70. The molecule has 1 aromatic heterocycles. The fourth-order valence-electron chi connectivity index (χ4n) is 2.19. The van der Waals surface area contributed by atoms with Crippen LogP contribution in [0, 0.1) is 0 Å². The summed E-state index contributed by atoms with van der Waals surface area (Å²) in [5.41, 5.74) is 1.95. The Morgan fingerprint density at radius 3 is 2.67 bits per heavy atom. The fraction of sp³-hybridized carbons (Fsp3) is 0.375. The molecule has 0 bridgehead atoms. The average Bonchev–Trinajstić information content (AvgIpc) is 2.56. The van der Waals surface area contributed by atoms with Gasteiger partial charge in [0, 0.05) is 17.8 Å². The third-order valence-electron chi connectivity index (χ3n) is 3.25. The summed E-state index contributed by atoms with van der Waals surface area (Å²) in [5, 5.41) is 3.50. The molecule has 1 atom stereocenters. The van der Waals surface area contributed by atoms with Crippen molar-refractivity contribution in [1.29, 1.82) is 0 Å². The van der Waals surface area contributed by atoms with Gasteiger partial charge >= 0.3 is 0 Å². The zero-order valence-electron chi connectivity index (χ0n) is 12.7. The minimum Gasteiger partial charge on any atom is -0.497 e. The number of aromatic nitrogens is 2. The fourth-order valence-corrected chi connectivity index (χ4v) is 2.19. The van der Waals surface area contributed by atoms with Gasteiger partial charge in [0.2, 0.25) is 0 Å². The standard InChI is InChI=1S/C16H21N3O2/c1-4-8-18-16(14-7-9-17-11-19-14)13-6-5-12(20-2)10-15(13)21-3/h5-7,9-11,16,18H,4,8H2,1-3H3. The topological polar surface area (TPSA) is 56.3 Å². The highest BCUT2D eigenvalue weighted by atomic mass is 16.5. The van der Waals surface area contributed by atoms with Crippen LogP contribution >= 0.6 is 0 Å². The lowest BCUT2D eigenvalue weighted by atomic mass is 10.0. The first-order valence-electron chi connectivity index (χ1n) is 7.01. The third-order valence-corrected chi connectivity index (χ3v) is 3.25. The molecule has 1 aromatic carbocycles. The lowest BCUT2D eigenvalue weighted by molar-refractivity contribution is 0.387. The molecule has 0 saturated carbocycles. The highest BCUT2D eigenvalue weighted by Crippen LogP contribution is 2.32. The second kappa shape index (κ2) is 7.59. The van der Waals surface area contributed by atoms with E-state index in [4.69, 9.17) is 9.47 Å². The number of nitrogens with zero attached hydrogens (tertiary/aromatic N) is 2. The Balaban J connectivity index is 2.41. The molecular formula is C16H21N3O2. The summed E-state index contributed by atoms with van der Waals surface area (Å²) in [5.74, 6) is 1.55. The first-order valence-corrected chi connectivity index (χ1v) is 7.01. The average molecular weight is 287 g/mol. The monoisotopic (exact) mass is 287 g/mol. The van der Waals surface area contributed by atoms with Gasteiger partial charge in [0.05, 0.1) is 26.0 Å². The quantitative estimate of drug-likeness (QED) is 0.848. The van der Waals surface area contributed by atoms with Gasteiger partial charge in [-0.25, -0.2) is 9.97 Å². The maximum atomic E-state index is 5.51. The molecule has 0 aliphatic rings. The molecule has 0 fully saturated rings. The van der Waals surface area contributed by atoms with Gasteiger partial charge in [-0.1, -0.05) is 6.92 Å². The second-order valence-electron chi connectivity index (χ2n) is 4.63. The van der Waals surface area contributed by atoms with Crippen LogP contribution in [0.25, 0.3) is 0 Å². The maximum Gasteiger partial charge on any atom is 0.127 e. The summed E-state index contributed by atoms with van der Waals surface area (Å²) in [4.78, 5) is 8.35. The van der Waals surface area contributed by atoms with Gasteiger partial charge in [0.1, 0.15) is 17.8 Å². The van der Waals surface area contributed by atoms with Gasteiger partial charge in [0.25, 0.3) is 0 Å². The van der Waals surface area contributed by atoms with Gasteiger partial charge in [-0.05, 0) is 31.2 Å². The van der Waals surface area contributed by atoms with E-state index in [0.717, 1.165) is 35.7 Å². The van der Waals surface area contributed by atoms with E-state index in [9.17, 15) is 0 Å². The van der Waals surface area contributed by atoms with Crippen LogP contribution in [0.1, 0.15) is 30.6 Å². The molecule has 2 aromatic rings. The predicted octanol–water partition coefficient (Wildman–Crippen LogP) is 2.58.